The number of rotatable bonds is 6. The molecule has 0 spiro atoms. The maximum atomic E-state index is 8.77. The molecule has 1 heterocycles. The van der Waals surface area contributed by atoms with Crippen molar-refractivity contribution in [1.29, 1.82) is 10.5 Å². The van der Waals surface area contributed by atoms with Crippen LogP contribution in [0.4, 0.5) is 11.8 Å². The first-order valence-electron chi connectivity index (χ1n) is 7.10. The molecule has 2 aromatic rings. The molecule has 6 nitrogen and oxygen atoms in total. The molecule has 112 valence electrons. The van der Waals surface area contributed by atoms with E-state index in [1.54, 1.807) is 0 Å². The van der Waals surface area contributed by atoms with Crippen LogP contribution in [0.15, 0.2) is 24.3 Å². The van der Waals surface area contributed by atoms with Crippen LogP contribution in [0.1, 0.15) is 12.8 Å². The highest BCUT2D eigenvalue weighted by Gasteiger charge is 2.13. The fourth-order valence-corrected chi connectivity index (χ4v) is 2.15. The summed E-state index contributed by atoms with van der Waals surface area (Å²) in [5.41, 5.74) is 0.857. The molecule has 0 N–H and O–H groups in total. The van der Waals surface area contributed by atoms with Crippen LogP contribution in [-0.4, -0.2) is 37.2 Å². The monoisotopic (exact) mass is 294 g/mol. The molecular weight excluding hydrogens is 276 g/mol. The van der Waals surface area contributed by atoms with Crippen LogP contribution in [0.3, 0.4) is 0 Å². The Morgan fingerprint density at radius 2 is 1.59 bits per heavy atom. The van der Waals surface area contributed by atoms with Gasteiger partial charge in [-0.15, -0.1) is 0 Å². The van der Waals surface area contributed by atoms with Crippen LogP contribution in [0.25, 0.3) is 10.9 Å². The maximum Gasteiger partial charge on any atom is 0.227 e. The predicted octanol–water partition coefficient (Wildman–Crippen LogP) is 2.33. The topological polar surface area (TPSA) is 79.8 Å². The lowest BCUT2D eigenvalue weighted by Crippen LogP contribution is -2.24. The lowest BCUT2D eigenvalue weighted by atomic mass is 10.2. The van der Waals surface area contributed by atoms with Gasteiger partial charge in [0.05, 0.1) is 30.5 Å². The van der Waals surface area contributed by atoms with Gasteiger partial charge in [0.1, 0.15) is 5.82 Å². The number of nitrogens with zero attached hydrogens (tertiary/aromatic N) is 6. The Balaban J connectivity index is 2.44. The van der Waals surface area contributed by atoms with E-state index in [0.29, 0.717) is 31.9 Å². The van der Waals surface area contributed by atoms with E-state index in [2.05, 4.69) is 22.1 Å². The van der Waals surface area contributed by atoms with Gasteiger partial charge in [-0.25, -0.2) is 4.98 Å². The van der Waals surface area contributed by atoms with Gasteiger partial charge in [-0.3, -0.25) is 0 Å². The Kier molecular flexibility index (Phi) is 5.11. The Bertz CT molecular complexity index is 727. The molecule has 0 fully saturated rings. The van der Waals surface area contributed by atoms with Crippen molar-refractivity contribution in [2.45, 2.75) is 12.8 Å². The molecule has 22 heavy (non-hydrogen) atoms. The highest BCUT2D eigenvalue weighted by Crippen LogP contribution is 2.25. The Morgan fingerprint density at radius 1 is 0.955 bits per heavy atom. The highest BCUT2D eigenvalue weighted by molar-refractivity contribution is 5.90. The summed E-state index contributed by atoms with van der Waals surface area (Å²) in [6.07, 6.45) is 0.862. The zero-order chi connectivity index (χ0) is 15.9. The summed E-state index contributed by atoms with van der Waals surface area (Å²) in [5.74, 6) is 1.40. The molecule has 0 unspecified atom stereocenters. The minimum atomic E-state index is 0.423. The van der Waals surface area contributed by atoms with E-state index in [1.807, 2.05) is 48.2 Å². The number of para-hydroxylation sites is 1. The number of fused-ring (bicyclic) bond motifs is 1. The van der Waals surface area contributed by atoms with E-state index in [1.165, 1.54) is 0 Å². The molecule has 0 aliphatic heterocycles. The summed E-state index contributed by atoms with van der Waals surface area (Å²) < 4.78 is 0. The molecule has 1 aromatic heterocycles. The number of nitriles is 2. The maximum absolute atomic E-state index is 8.77. The second kappa shape index (κ2) is 7.24. The first-order valence-corrected chi connectivity index (χ1v) is 7.10. The van der Waals surface area contributed by atoms with Crippen LogP contribution in [0.2, 0.25) is 0 Å². The van der Waals surface area contributed by atoms with Gasteiger partial charge in [0.2, 0.25) is 5.95 Å². The Hall–Kier alpha value is -2.86. The Morgan fingerprint density at radius 3 is 2.27 bits per heavy atom. The first kappa shape index (κ1) is 15.5. The third-order valence-corrected chi connectivity index (χ3v) is 3.39. The number of benzene rings is 1. The summed E-state index contributed by atoms with van der Waals surface area (Å²) in [5, 5.41) is 18.4. The largest absolute Gasteiger partial charge is 0.358 e. The quantitative estimate of drug-likeness (QED) is 0.813. The van der Waals surface area contributed by atoms with Crippen molar-refractivity contribution in [2.24, 2.45) is 0 Å². The normalized spacial score (nSPS) is 10.0. The number of anilines is 2. The van der Waals surface area contributed by atoms with Gasteiger partial charge in [0, 0.05) is 32.6 Å². The molecule has 0 radical (unpaired) electrons. The molecule has 2 rings (SSSR count). The molecule has 0 atom stereocenters. The second-order valence-electron chi connectivity index (χ2n) is 5.02. The molecule has 6 heteroatoms. The fraction of sp³-hybridized carbons (Fsp3) is 0.375. The van der Waals surface area contributed by atoms with Gasteiger partial charge in [-0.05, 0) is 12.1 Å². The van der Waals surface area contributed by atoms with Crippen molar-refractivity contribution in [2.75, 3.05) is 37.0 Å². The van der Waals surface area contributed by atoms with E-state index < -0.39 is 0 Å². The predicted molar refractivity (Wildman–Crippen MR) is 86.5 cm³/mol. The van der Waals surface area contributed by atoms with E-state index in [9.17, 15) is 0 Å². The van der Waals surface area contributed by atoms with Crippen LogP contribution < -0.4 is 9.80 Å². The van der Waals surface area contributed by atoms with Crippen molar-refractivity contribution < 1.29 is 0 Å². The van der Waals surface area contributed by atoms with Crippen molar-refractivity contribution >= 4 is 22.7 Å². The van der Waals surface area contributed by atoms with E-state index >= 15 is 0 Å². The van der Waals surface area contributed by atoms with Crippen LogP contribution in [-0.2, 0) is 0 Å². The lowest BCUT2D eigenvalue weighted by molar-refractivity contribution is 0.845. The molecule has 0 saturated carbocycles. The summed E-state index contributed by atoms with van der Waals surface area (Å²) in [6, 6.07) is 12.1. The first-order chi connectivity index (χ1) is 10.7. The summed E-state index contributed by atoms with van der Waals surface area (Å²) in [6.45, 7) is 1.19. The molecule has 1 aromatic carbocycles. The van der Waals surface area contributed by atoms with Crippen molar-refractivity contribution in [3.63, 3.8) is 0 Å². The third kappa shape index (κ3) is 3.42. The summed E-state index contributed by atoms with van der Waals surface area (Å²) in [4.78, 5) is 13.0. The SMILES string of the molecule is CN(CCC#N)c1nc(N(C)CCC#N)c2ccccc2n1. The average Bonchev–Trinajstić information content (AvgIpc) is 2.56. The fourth-order valence-electron chi connectivity index (χ4n) is 2.15. The van der Waals surface area contributed by atoms with Crippen molar-refractivity contribution in [1.82, 2.24) is 9.97 Å². The van der Waals surface area contributed by atoms with Crippen LogP contribution in [0.5, 0.6) is 0 Å². The van der Waals surface area contributed by atoms with Gasteiger partial charge < -0.3 is 9.80 Å². The molecule has 0 amide bonds. The average molecular weight is 294 g/mol. The van der Waals surface area contributed by atoms with Gasteiger partial charge >= 0.3 is 0 Å². The van der Waals surface area contributed by atoms with Gasteiger partial charge in [0.25, 0.3) is 0 Å². The molecule has 0 saturated heterocycles. The summed E-state index contributed by atoms with van der Waals surface area (Å²) in [7, 11) is 3.80. The van der Waals surface area contributed by atoms with Gasteiger partial charge in [-0.2, -0.15) is 15.5 Å². The summed E-state index contributed by atoms with van der Waals surface area (Å²) >= 11 is 0. The van der Waals surface area contributed by atoms with Crippen molar-refractivity contribution in [3.8, 4) is 12.1 Å². The van der Waals surface area contributed by atoms with E-state index in [4.69, 9.17) is 10.5 Å². The molecular formula is C16H18N6. The smallest absolute Gasteiger partial charge is 0.227 e. The lowest BCUT2D eigenvalue weighted by Gasteiger charge is -2.22. The number of aromatic nitrogens is 2. The minimum Gasteiger partial charge on any atom is -0.358 e. The van der Waals surface area contributed by atoms with Gasteiger partial charge in [-0.1, -0.05) is 12.1 Å². The van der Waals surface area contributed by atoms with Crippen LogP contribution >= 0.6 is 0 Å². The zero-order valence-electron chi connectivity index (χ0n) is 12.8. The third-order valence-electron chi connectivity index (χ3n) is 3.39. The Labute approximate surface area is 130 Å². The highest BCUT2D eigenvalue weighted by atomic mass is 15.3. The number of hydrogen-bond donors (Lipinski definition) is 0. The zero-order valence-corrected chi connectivity index (χ0v) is 12.8. The second-order valence-corrected chi connectivity index (χ2v) is 5.02. The van der Waals surface area contributed by atoms with E-state index in [0.717, 1.165) is 16.7 Å². The molecule has 0 aliphatic rings. The molecule has 0 bridgehead atoms. The van der Waals surface area contributed by atoms with Gasteiger partial charge in [0.15, 0.2) is 0 Å². The minimum absolute atomic E-state index is 0.423. The van der Waals surface area contributed by atoms with E-state index in [-0.39, 0.29) is 0 Å². The van der Waals surface area contributed by atoms with Crippen molar-refractivity contribution in [3.05, 3.63) is 24.3 Å². The molecule has 0 aliphatic carbocycles. The standard InChI is InChI=1S/C16H18N6/c1-21(11-5-9-17)15-13-7-3-4-8-14(13)19-16(20-15)22(2)12-6-10-18/h3-4,7-8H,5-6,11-12H2,1-2H3. The van der Waals surface area contributed by atoms with Crippen LogP contribution in [0, 0.1) is 22.7 Å². The number of hydrogen-bond acceptors (Lipinski definition) is 6.